The van der Waals surface area contributed by atoms with Crippen molar-refractivity contribution < 1.29 is 0 Å². The smallest absolute Gasteiger partial charge is 0.206 e. The van der Waals surface area contributed by atoms with Gasteiger partial charge in [-0.3, -0.25) is 4.72 Å². The van der Waals surface area contributed by atoms with E-state index in [1.165, 1.54) is 8.47 Å². The normalized spacial score (nSPS) is 18.6. The number of fused-ring (bicyclic) bond motifs is 1. The lowest BCUT2D eigenvalue weighted by Gasteiger charge is -2.21. The Kier molecular flexibility index (Phi) is 3.96. The van der Waals surface area contributed by atoms with Crippen LogP contribution >= 0.6 is 34.5 Å². The van der Waals surface area contributed by atoms with E-state index in [2.05, 4.69) is 69.7 Å². The summed E-state index contributed by atoms with van der Waals surface area (Å²) in [5, 5.41) is 3.30. The molecule has 1 aliphatic heterocycles. The third kappa shape index (κ3) is 2.82. The molecule has 16 heavy (non-hydrogen) atoms. The Bertz CT molecular complexity index is 420. The second kappa shape index (κ2) is 5.27. The fraction of sp³-hybridized carbons (Fsp3) is 0.364. The molecule has 1 atom stereocenters. The molecule has 0 aromatic heterocycles. The Morgan fingerprint density at radius 1 is 1.50 bits per heavy atom. The van der Waals surface area contributed by atoms with E-state index in [0.29, 0.717) is 6.04 Å². The van der Waals surface area contributed by atoms with E-state index in [9.17, 15) is 0 Å². The Labute approximate surface area is 114 Å². The monoisotopic (exact) mass is 347 g/mol. The minimum Gasteiger partial charge on any atom is -0.325 e. The summed E-state index contributed by atoms with van der Waals surface area (Å²) >= 11 is 3.93. The molecule has 1 aliphatic rings. The van der Waals surface area contributed by atoms with E-state index in [1.54, 1.807) is 11.9 Å². The fourth-order valence-corrected chi connectivity index (χ4v) is 2.74. The average Bonchev–Trinajstić information content (AvgIpc) is 2.29. The third-order valence-electron chi connectivity index (χ3n) is 2.39. The molecule has 0 spiro atoms. The number of rotatable bonds is 2. The lowest BCUT2D eigenvalue weighted by atomic mass is 10.3. The van der Waals surface area contributed by atoms with Crippen LogP contribution in [0.1, 0.15) is 20.3 Å². The Balaban J connectivity index is 2.18. The zero-order valence-corrected chi connectivity index (χ0v) is 12.2. The van der Waals surface area contributed by atoms with E-state index < -0.39 is 0 Å². The van der Waals surface area contributed by atoms with Crippen LogP contribution in [0.5, 0.6) is 0 Å². The van der Waals surface area contributed by atoms with E-state index in [-0.39, 0.29) is 0 Å². The maximum atomic E-state index is 4.55. The summed E-state index contributed by atoms with van der Waals surface area (Å²) in [6.07, 6.45) is 1.05. The van der Waals surface area contributed by atoms with Gasteiger partial charge in [-0.2, -0.15) is 0 Å². The van der Waals surface area contributed by atoms with Crippen LogP contribution in [-0.2, 0) is 0 Å². The van der Waals surface area contributed by atoms with Crippen molar-refractivity contribution in [1.82, 2.24) is 4.72 Å². The molecule has 1 unspecified atom stereocenters. The summed E-state index contributed by atoms with van der Waals surface area (Å²) in [6.45, 7) is 4.26. The van der Waals surface area contributed by atoms with Crippen molar-refractivity contribution in [3.63, 3.8) is 0 Å². The summed E-state index contributed by atoms with van der Waals surface area (Å²) < 4.78 is 4.47. The van der Waals surface area contributed by atoms with Crippen molar-refractivity contribution in [1.29, 1.82) is 0 Å². The average molecular weight is 347 g/mol. The number of hydrogen-bond donors (Lipinski definition) is 2. The first-order valence-electron chi connectivity index (χ1n) is 5.26. The molecule has 2 N–H and O–H groups in total. The highest BCUT2D eigenvalue weighted by molar-refractivity contribution is 14.1. The summed E-state index contributed by atoms with van der Waals surface area (Å²) in [6, 6.07) is 6.69. The Morgan fingerprint density at radius 2 is 2.31 bits per heavy atom. The molecule has 1 aromatic carbocycles. The van der Waals surface area contributed by atoms with Crippen LogP contribution < -0.4 is 10.0 Å². The highest BCUT2D eigenvalue weighted by Gasteiger charge is 2.14. The van der Waals surface area contributed by atoms with Gasteiger partial charge in [-0.25, -0.2) is 4.99 Å². The van der Waals surface area contributed by atoms with Crippen LogP contribution in [-0.4, -0.2) is 12.0 Å². The molecular formula is C11H14IN3S. The van der Waals surface area contributed by atoms with Crippen molar-refractivity contribution in [3.8, 4) is 0 Å². The number of nitrogens with one attached hydrogen (secondary N) is 2. The Hall–Kier alpha value is -0.430. The van der Waals surface area contributed by atoms with Crippen LogP contribution in [0.4, 0.5) is 5.69 Å². The first-order chi connectivity index (χ1) is 7.69. The molecule has 86 valence electrons. The largest absolute Gasteiger partial charge is 0.325 e. The molecule has 3 nitrogen and oxygen atoms in total. The molecule has 2 rings (SSSR count). The van der Waals surface area contributed by atoms with Gasteiger partial charge in [0.1, 0.15) is 0 Å². The SMILES string of the molecule is CCC(C)N=C1NSc2cc(I)ccc2N1. The highest BCUT2D eigenvalue weighted by atomic mass is 127. The second-order valence-electron chi connectivity index (χ2n) is 3.70. The summed E-state index contributed by atoms with van der Waals surface area (Å²) in [4.78, 5) is 5.77. The molecule has 0 saturated heterocycles. The van der Waals surface area contributed by atoms with Gasteiger partial charge >= 0.3 is 0 Å². The standard InChI is InChI=1S/C11H14IN3S/c1-3-7(2)13-11-14-9-5-4-8(12)6-10(9)16-15-11/h4-7H,3H2,1-2H3,(H2,13,14,15). The number of nitrogens with zero attached hydrogens (tertiary/aromatic N) is 1. The van der Waals surface area contributed by atoms with Crippen LogP contribution in [0.25, 0.3) is 0 Å². The van der Waals surface area contributed by atoms with Crippen molar-refractivity contribution in [2.75, 3.05) is 5.32 Å². The van der Waals surface area contributed by atoms with Crippen LogP contribution in [0, 0.1) is 3.57 Å². The van der Waals surface area contributed by atoms with Crippen molar-refractivity contribution in [2.24, 2.45) is 4.99 Å². The van der Waals surface area contributed by atoms with Gasteiger partial charge in [-0.1, -0.05) is 6.92 Å². The molecule has 5 heteroatoms. The summed E-state index contributed by atoms with van der Waals surface area (Å²) in [5.74, 6) is 0.855. The molecule has 0 radical (unpaired) electrons. The lowest BCUT2D eigenvalue weighted by Crippen LogP contribution is -2.30. The van der Waals surface area contributed by atoms with E-state index in [0.717, 1.165) is 18.1 Å². The van der Waals surface area contributed by atoms with Crippen LogP contribution in [0.15, 0.2) is 28.1 Å². The predicted molar refractivity (Wildman–Crippen MR) is 79.0 cm³/mol. The number of anilines is 1. The topological polar surface area (TPSA) is 36.4 Å². The van der Waals surface area contributed by atoms with Gasteiger partial charge in [0.25, 0.3) is 0 Å². The van der Waals surface area contributed by atoms with Crippen LogP contribution in [0.2, 0.25) is 0 Å². The minimum atomic E-state index is 0.348. The van der Waals surface area contributed by atoms with Gasteiger partial charge in [-0.15, -0.1) is 0 Å². The number of guanidine groups is 1. The van der Waals surface area contributed by atoms with E-state index in [1.807, 2.05) is 0 Å². The van der Waals surface area contributed by atoms with E-state index >= 15 is 0 Å². The molecule has 1 aromatic rings. The molecule has 0 fully saturated rings. The van der Waals surface area contributed by atoms with Gasteiger partial charge in [0.2, 0.25) is 5.96 Å². The summed E-state index contributed by atoms with van der Waals surface area (Å²) in [5.41, 5.74) is 1.13. The molecule has 1 heterocycles. The maximum absolute atomic E-state index is 4.55. The number of halogens is 1. The lowest BCUT2D eigenvalue weighted by molar-refractivity contribution is 0.714. The highest BCUT2D eigenvalue weighted by Crippen LogP contribution is 2.30. The zero-order chi connectivity index (χ0) is 11.5. The third-order valence-corrected chi connectivity index (χ3v) is 3.92. The quantitative estimate of drug-likeness (QED) is 0.635. The number of hydrogen-bond acceptors (Lipinski definition) is 2. The Morgan fingerprint density at radius 3 is 3.06 bits per heavy atom. The number of aliphatic imine (C=N–C) groups is 1. The molecule has 0 bridgehead atoms. The van der Waals surface area contributed by atoms with Gasteiger partial charge < -0.3 is 5.32 Å². The van der Waals surface area contributed by atoms with E-state index in [4.69, 9.17) is 0 Å². The number of benzene rings is 1. The predicted octanol–water partition coefficient (Wildman–Crippen LogP) is 3.47. The molecule has 0 amide bonds. The fourth-order valence-electron chi connectivity index (χ4n) is 1.31. The molecule has 0 saturated carbocycles. The van der Waals surface area contributed by atoms with Gasteiger partial charge in [0.15, 0.2) is 0 Å². The van der Waals surface area contributed by atoms with Crippen molar-refractivity contribution in [2.45, 2.75) is 31.2 Å². The first-order valence-corrected chi connectivity index (χ1v) is 7.16. The second-order valence-corrected chi connectivity index (χ2v) is 5.80. The zero-order valence-electron chi connectivity index (χ0n) is 9.25. The molecular weight excluding hydrogens is 333 g/mol. The summed E-state index contributed by atoms with van der Waals surface area (Å²) in [7, 11) is 0. The minimum absolute atomic E-state index is 0.348. The van der Waals surface area contributed by atoms with Gasteiger partial charge in [-0.05, 0) is 66.1 Å². The van der Waals surface area contributed by atoms with Crippen LogP contribution in [0.3, 0.4) is 0 Å². The molecule has 0 aliphatic carbocycles. The maximum Gasteiger partial charge on any atom is 0.206 e. The van der Waals surface area contributed by atoms with Gasteiger partial charge in [0, 0.05) is 3.57 Å². The van der Waals surface area contributed by atoms with Crippen molar-refractivity contribution >= 4 is 46.2 Å². The van der Waals surface area contributed by atoms with Crippen molar-refractivity contribution in [3.05, 3.63) is 21.8 Å². The van der Waals surface area contributed by atoms with Gasteiger partial charge in [0.05, 0.1) is 16.6 Å². The first kappa shape index (κ1) is 12.0.